The minimum Gasteiger partial charge on any atom is -0.247 e. The molecule has 0 radical (unpaired) electrons. The van der Waals surface area contributed by atoms with Crippen molar-refractivity contribution < 1.29 is 4.39 Å². The SMILES string of the molecule is Fc1ccc(C2CCN(I)C2)cc1. The number of benzene rings is 1. The largest absolute Gasteiger partial charge is 0.247 e. The van der Waals surface area contributed by atoms with E-state index in [4.69, 9.17) is 0 Å². The molecule has 3 heteroatoms. The van der Waals surface area contributed by atoms with Gasteiger partial charge in [0.05, 0.1) is 0 Å². The van der Waals surface area contributed by atoms with Crippen LogP contribution in [0.4, 0.5) is 4.39 Å². The lowest BCUT2D eigenvalue weighted by atomic mass is 9.99. The van der Waals surface area contributed by atoms with Gasteiger partial charge < -0.3 is 0 Å². The second kappa shape index (κ2) is 3.92. The van der Waals surface area contributed by atoms with Gasteiger partial charge in [-0.1, -0.05) is 12.1 Å². The highest BCUT2D eigenvalue weighted by Crippen LogP contribution is 2.28. The molecule has 1 heterocycles. The van der Waals surface area contributed by atoms with Crippen molar-refractivity contribution in [3.63, 3.8) is 0 Å². The summed E-state index contributed by atoms with van der Waals surface area (Å²) in [6.07, 6.45) is 1.19. The molecule has 0 N–H and O–H groups in total. The molecular formula is C10H11FIN. The minimum atomic E-state index is -0.145. The molecule has 1 aliphatic heterocycles. The maximum atomic E-state index is 12.6. The highest BCUT2D eigenvalue weighted by Gasteiger charge is 2.21. The van der Waals surface area contributed by atoms with Crippen LogP contribution < -0.4 is 0 Å². The third kappa shape index (κ3) is 2.20. The van der Waals surface area contributed by atoms with Gasteiger partial charge in [0.1, 0.15) is 5.82 Å². The topological polar surface area (TPSA) is 3.24 Å². The van der Waals surface area contributed by atoms with Crippen molar-refractivity contribution in [1.29, 1.82) is 0 Å². The number of nitrogens with zero attached hydrogens (tertiary/aromatic N) is 1. The Morgan fingerprint density at radius 2 is 2.00 bits per heavy atom. The fraction of sp³-hybridized carbons (Fsp3) is 0.400. The molecule has 13 heavy (non-hydrogen) atoms. The van der Waals surface area contributed by atoms with E-state index in [0.717, 1.165) is 13.1 Å². The minimum absolute atomic E-state index is 0.145. The average Bonchev–Trinajstić information content (AvgIpc) is 2.53. The van der Waals surface area contributed by atoms with Crippen molar-refractivity contribution in [3.8, 4) is 0 Å². The highest BCUT2D eigenvalue weighted by atomic mass is 127. The second-order valence-corrected chi connectivity index (χ2v) is 4.77. The Morgan fingerprint density at radius 3 is 2.54 bits per heavy atom. The molecule has 0 spiro atoms. The van der Waals surface area contributed by atoms with Gasteiger partial charge >= 0.3 is 0 Å². The molecule has 1 aliphatic rings. The van der Waals surface area contributed by atoms with Gasteiger partial charge in [0.2, 0.25) is 0 Å². The van der Waals surface area contributed by atoms with E-state index in [0.29, 0.717) is 5.92 Å². The van der Waals surface area contributed by atoms with Crippen LogP contribution >= 0.6 is 22.9 Å². The first-order valence-electron chi connectivity index (χ1n) is 4.42. The Labute approximate surface area is 91.4 Å². The molecule has 1 nitrogen and oxygen atoms in total. The Balaban J connectivity index is 2.13. The van der Waals surface area contributed by atoms with Gasteiger partial charge in [-0.25, -0.2) is 7.50 Å². The van der Waals surface area contributed by atoms with E-state index < -0.39 is 0 Å². The van der Waals surface area contributed by atoms with Crippen LogP contribution in [-0.2, 0) is 0 Å². The first-order valence-corrected chi connectivity index (χ1v) is 5.38. The molecule has 1 aromatic carbocycles. The first kappa shape index (κ1) is 9.40. The molecule has 0 aromatic heterocycles. The lowest BCUT2D eigenvalue weighted by molar-refractivity contribution is 0.615. The number of hydrogen-bond acceptors (Lipinski definition) is 1. The summed E-state index contributed by atoms with van der Waals surface area (Å²) in [5.41, 5.74) is 1.26. The molecule has 0 amide bonds. The van der Waals surface area contributed by atoms with Gasteiger partial charge in [-0.05, 0) is 30.0 Å². The summed E-state index contributed by atoms with van der Waals surface area (Å²) in [6, 6.07) is 6.89. The summed E-state index contributed by atoms with van der Waals surface area (Å²) in [5.74, 6) is 0.450. The Kier molecular flexibility index (Phi) is 2.83. The summed E-state index contributed by atoms with van der Waals surface area (Å²) in [4.78, 5) is 0. The summed E-state index contributed by atoms with van der Waals surface area (Å²) in [6.45, 7) is 2.23. The van der Waals surface area contributed by atoms with Crippen LogP contribution in [0.5, 0.6) is 0 Å². The number of halogens is 2. The molecule has 70 valence electrons. The molecule has 0 saturated carbocycles. The van der Waals surface area contributed by atoms with E-state index in [9.17, 15) is 4.39 Å². The zero-order chi connectivity index (χ0) is 9.26. The summed E-state index contributed by atoms with van der Waals surface area (Å²) < 4.78 is 14.9. The van der Waals surface area contributed by atoms with Crippen molar-refractivity contribution in [2.75, 3.05) is 13.1 Å². The Morgan fingerprint density at radius 1 is 1.31 bits per heavy atom. The molecule has 2 rings (SSSR count). The maximum absolute atomic E-state index is 12.6. The molecule has 0 bridgehead atoms. The van der Waals surface area contributed by atoms with Crippen LogP contribution in [-0.4, -0.2) is 16.2 Å². The van der Waals surface area contributed by atoms with Crippen LogP contribution in [0.25, 0.3) is 0 Å². The van der Waals surface area contributed by atoms with Crippen molar-refractivity contribution in [2.24, 2.45) is 0 Å². The Hall–Kier alpha value is -0.160. The predicted octanol–water partition coefficient (Wildman–Crippen LogP) is 2.97. The fourth-order valence-corrected chi connectivity index (χ4v) is 2.48. The second-order valence-electron chi connectivity index (χ2n) is 3.41. The van der Waals surface area contributed by atoms with E-state index in [-0.39, 0.29) is 5.82 Å². The third-order valence-electron chi connectivity index (χ3n) is 2.48. The molecule has 1 atom stereocenters. The van der Waals surface area contributed by atoms with Gasteiger partial charge in [-0.15, -0.1) is 0 Å². The van der Waals surface area contributed by atoms with Crippen LogP contribution in [0.1, 0.15) is 17.9 Å². The number of rotatable bonds is 1. The normalized spacial score (nSPS) is 23.7. The zero-order valence-corrected chi connectivity index (χ0v) is 9.37. The lowest BCUT2D eigenvalue weighted by Gasteiger charge is -2.09. The van der Waals surface area contributed by atoms with Gasteiger partial charge in [0.15, 0.2) is 0 Å². The molecule has 1 unspecified atom stereocenters. The van der Waals surface area contributed by atoms with Crippen molar-refractivity contribution in [3.05, 3.63) is 35.6 Å². The van der Waals surface area contributed by atoms with Crippen molar-refractivity contribution in [2.45, 2.75) is 12.3 Å². The van der Waals surface area contributed by atoms with E-state index in [1.807, 2.05) is 12.1 Å². The van der Waals surface area contributed by atoms with E-state index in [2.05, 4.69) is 26.0 Å². The molecule has 0 aliphatic carbocycles. The molecule has 1 fully saturated rings. The molecule has 1 aromatic rings. The fourth-order valence-electron chi connectivity index (χ4n) is 1.72. The van der Waals surface area contributed by atoms with Crippen molar-refractivity contribution >= 4 is 22.9 Å². The lowest BCUT2D eigenvalue weighted by Crippen LogP contribution is -2.05. The van der Waals surface area contributed by atoms with Crippen LogP contribution in [0.15, 0.2) is 24.3 Å². The van der Waals surface area contributed by atoms with E-state index >= 15 is 0 Å². The van der Waals surface area contributed by atoms with Crippen LogP contribution in [0.2, 0.25) is 0 Å². The van der Waals surface area contributed by atoms with Gasteiger partial charge in [0, 0.05) is 36.0 Å². The Bertz CT molecular complexity index is 285. The van der Waals surface area contributed by atoms with Crippen molar-refractivity contribution in [1.82, 2.24) is 3.11 Å². The first-order chi connectivity index (χ1) is 6.25. The summed E-state index contributed by atoms with van der Waals surface area (Å²) >= 11 is 2.34. The maximum Gasteiger partial charge on any atom is 0.123 e. The molecule has 1 saturated heterocycles. The summed E-state index contributed by atoms with van der Waals surface area (Å²) in [5, 5.41) is 0. The van der Waals surface area contributed by atoms with Gasteiger partial charge in [-0.3, -0.25) is 0 Å². The zero-order valence-electron chi connectivity index (χ0n) is 7.21. The average molecular weight is 291 g/mol. The monoisotopic (exact) mass is 291 g/mol. The quantitative estimate of drug-likeness (QED) is 0.568. The third-order valence-corrected chi connectivity index (χ3v) is 3.36. The van der Waals surface area contributed by atoms with Gasteiger partial charge in [-0.2, -0.15) is 0 Å². The van der Waals surface area contributed by atoms with Gasteiger partial charge in [0.25, 0.3) is 0 Å². The summed E-state index contributed by atoms with van der Waals surface area (Å²) in [7, 11) is 0. The van der Waals surface area contributed by atoms with Crippen LogP contribution in [0.3, 0.4) is 0 Å². The van der Waals surface area contributed by atoms with E-state index in [1.54, 1.807) is 12.1 Å². The van der Waals surface area contributed by atoms with Crippen LogP contribution in [0, 0.1) is 5.82 Å². The number of hydrogen-bond donors (Lipinski definition) is 0. The standard InChI is InChI=1S/C10H11FIN/c11-10-3-1-8(2-4-10)9-5-6-13(12)7-9/h1-4,9H,5-7H2. The molecular weight excluding hydrogens is 280 g/mol. The smallest absolute Gasteiger partial charge is 0.123 e. The van der Waals surface area contributed by atoms with E-state index in [1.165, 1.54) is 12.0 Å². The highest BCUT2D eigenvalue weighted by molar-refractivity contribution is 14.1. The predicted molar refractivity (Wildman–Crippen MR) is 59.4 cm³/mol.